The van der Waals surface area contributed by atoms with Crippen molar-refractivity contribution in [3.63, 3.8) is 0 Å². The third-order valence-corrected chi connectivity index (χ3v) is 4.43. The van der Waals surface area contributed by atoms with Crippen molar-refractivity contribution in [2.45, 2.75) is 74.7 Å². The van der Waals surface area contributed by atoms with Crippen LogP contribution in [0.1, 0.15) is 39.0 Å². The molecule has 0 aromatic rings. The molecule has 1 saturated heterocycles. The van der Waals surface area contributed by atoms with Gasteiger partial charge in [-0.15, -0.1) is 0 Å². The van der Waals surface area contributed by atoms with Crippen LogP contribution in [0.15, 0.2) is 0 Å². The fraction of sp³-hybridized carbons (Fsp3) is 1.00. The second-order valence-corrected chi connectivity index (χ2v) is 5.88. The van der Waals surface area contributed by atoms with Gasteiger partial charge in [-0.25, -0.2) is 4.39 Å². The Labute approximate surface area is 120 Å². The SMILES string of the molecule is CC1(F)N(C2CCCCC2)C(F)(F)C(F)(F)C(F)(F)C1(F)F. The molecule has 10 heteroatoms. The lowest BCUT2D eigenvalue weighted by molar-refractivity contribution is -0.486. The maximum atomic E-state index is 14.3. The molecule has 1 heterocycles. The molecule has 0 aromatic heterocycles. The topological polar surface area (TPSA) is 3.24 Å². The molecule has 2 rings (SSSR count). The lowest BCUT2D eigenvalue weighted by Gasteiger charge is -2.56. The molecule has 0 aromatic carbocycles. The summed E-state index contributed by atoms with van der Waals surface area (Å²) < 4.78 is 123. The van der Waals surface area contributed by atoms with Gasteiger partial charge in [0.15, 0.2) is 0 Å². The Morgan fingerprint density at radius 1 is 0.682 bits per heavy atom. The standard InChI is InChI=1S/C12H14F9N/c1-8(13)9(14,15)10(16,17)11(18,19)12(20,21)22(8)7-5-3-2-4-6-7/h7H,2-6H2,1H3. The van der Waals surface area contributed by atoms with Crippen LogP contribution in [0.4, 0.5) is 39.5 Å². The van der Waals surface area contributed by atoms with E-state index in [1.165, 1.54) is 0 Å². The van der Waals surface area contributed by atoms with Crippen LogP contribution in [0.5, 0.6) is 0 Å². The number of hydrogen-bond donors (Lipinski definition) is 0. The molecule has 2 fully saturated rings. The predicted molar refractivity (Wildman–Crippen MR) is 58.0 cm³/mol. The van der Waals surface area contributed by atoms with Crippen LogP contribution in [0.3, 0.4) is 0 Å². The van der Waals surface area contributed by atoms with Gasteiger partial charge in [-0.2, -0.15) is 40.0 Å². The first-order chi connectivity index (χ1) is 9.73. The number of halogens is 9. The molecule has 130 valence electrons. The molecular weight excluding hydrogens is 329 g/mol. The maximum Gasteiger partial charge on any atom is 0.392 e. The Morgan fingerprint density at radius 2 is 1.14 bits per heavy atom. The first kappa shape index (κ1) is 17.7. The number of rotatable bonds is 1. The van der Waals surface area contributed by atoms with Gasteiger partial charge in [0.2, 0.25) is 5.79 Å². The molecule has 1 saturated carbocycles. The second kappa shape index (κ2) is 4.67. The van der Waals surface area contributed by atoms with Gasteiger partial charge < -0.3 is 0 Å². The predicted octanol–water partition coefficient (Wildman–Crippen LogP) is 4.82. The Balaban J connectivity index is 2.60. The van der Waals surface area contributed by atoms with E-state index in [0.717, 1.165) is 0 Å². The molecule has 1 unspecified atom stereocenters. The molecule has 2 aliphatic rings. The molecule has 22 heavy (non-hydrogen) atoms. The summed E-state index contributed by atoms with van der Waals surface area (Å²) in [6.45, 7) is -0.196. The van der Waals surface area contributed by atoms with Gasteiger partial charge in [-0.1, -0.05) is 19.3 Å². The van der Waals surface area contributed by atoms with E-state index in [0.29, 0.717) is 6.42 Å². The number of nitrogens with zero attached hydrogens (tertiary/aromatic N) is 1. The Hall–Kier alpha value is -0.670. The second-order valence-electron chi connectivity index (χ2n) is 5.88. The van der Waals surface area contributed by atoms with E-state index in [-0.39, 0.29) is 32.6 Å². The Morgan fingerprint density at radius 3 is 1.59 bits per heavy atom. The van der Waals surface area contributed by atoms with Crippen molar-refractivity contribution in [2.75, 3.05) is 0 Å². The lowest BCUT2D eigenvalue weighted by atomic mass is 9.83. The zero-order chi connectivity index (χ0) is 17.2. The van der Waals surface area contributed by atoms with E-state index < -0.39 is 40.5 Å². The van der Waals surface area contributed by atoms with Crippen molar-refractivity contribution < 1.29 is 39.5 Å². The van der Waals surface area contributed by atoms with Gasteiger partial charge in [0.25, 0.3) is 0 Å². The zero-order valence-corrected chi connectivity index (χ0v) is 11.5. The van der Waals surface area contributed by atoms with Gasteiger partial charge >= 0.3 is 23.8 Å². The number of alkyl halides is 9. The third-order valence-electron chi connectivity index (χ3n) is 4.43. The van der Waals surface area contributed by atoms with Gasteiger partial charge in [0, 0.05) is 6.04 Å². The molecule has 0 amide bonds. The van der Waals surface area contributed by atoms with Crippen molar-refractivity contribution in [3.05, 3.63) is 0 Å². The Bertz CT molecular complexity index is 410. The minimum atomic E-state index is -6.52. The lowest BCUT2D eigenvalue weighted by Crippen LogP contribution is -2.83. The van der Waals surface area contributed by atoms with E-state index in [4.69, 9.17) is 0 Å². The fourth-order valence-electron chi connectivity index (χ4n) is 3.15. The van der Waals surface area contributed by atoms with Gasteiger partial charge in [0.1, 0.15) is 0 Å². The van der Waals surface area contributed by atoms with Crippen molar-refractivity contribution in [1.82, 2.24) is 4.90 Å². The van der Waals surface area contributed by atoms with Gasteiger partial charge in [-0.3, -0.25) is 0 Å². The summed E-state index contributed by atoms with van der Waals surface area (Å²) in [5.41, 5.74) is 0. The average Bonchev–Trinajstić information content (AvgIpc) is 2.37. The molecule has 0 bridgehead atoms. The minimum Gasteiger partial charge on any atom is -0.219 e. The molecule has 0 radical (unpaired) electrons. The summed E-state index contributed by atoms with van der Waals surface area (Å²) in [6.07, 6.45) is 0.531. The molecular formula is C12H14F9N. The minimum absolute atomic E-state index is 0.196. The van der Waals surface area contributed by atoms with Gasteiger partial charge in [0.05, 0.1) is 0 Å². The zero-order valence-electron chi connectivity index (χ0n) is 11.5. The van der Waals surface area contributed by atoms with E-state index in [1.54, 1.807) is 0 Å². The largest absolute Gasteiger partial charge is 0.392 e. The van der Waals surface area contributed by atoms with Crippen LogP contribution in [0.25, 0.3) is 0 Å². The summed E-state index contributed by atoms with van der Waals surface area (Å²) in [5.74, 6) is -23.5. The third kappa shape index (κ3) is 1.85. The summed E-state index contributed by atoms with van der Waals surface area (Å²) in [4.78, 5) is -1.03. The molecule has 1 aliphatic heterocycles. The molecule has 1 aliphatic carbocycles. The summed E-state index contributed by atoms with van der Waals surface area (Å²) in [6, 6.07) is -7.39. The van der Waals surface area contributed by atoms with Crippen LogP contribution in [-0.2, 0) is 0 Å². The van der Waals surface area contributed by atoms with Crippen molar-refractivity contribution in [3.8, 4) is 0 Å². The van der Waals surface area contributed by atoms with Crippen molar-refractivity contribution >= 4 is 0 Å². The number of piperidine rings is 1. The molecule has 0 spiro atoms. The van der Waals surface area contributed by atoms with Crippen LogP contribution >= 0.6 is 0 Å². The highest BCUT2D eigenvalue weighted by atomic mass is 19.4. The van der Waals surface area contributed by atoms with Gasteiger partial charge in [-0.05, 0) is 19.8 Å². The first-order valence-corrected chi connectivity index (χ1v) is 6.72. The quantitative estimate of drug-likeness (QED) is 0.487. The highest BCUT2D eigenvalue weighted by Crippen LogP contribution is 2.64. The van der Waals surface area contributed by atoms with E-state index in [2.05, 4.69) is 0 Å². The first-order valence-electron chi connectivity index (χ1n) is 6.72. The number of likely N-dealkylation sites (tertiary alicyclic amines) is 1. The summed E-state index contributed by atoms with van der Waals surface area (Å²) >= 11 is 0. The molecule has 1 nitrogen and oxygen atoms in total. The monoisotopic (exact) mass is 343 g/mol. The molecule has 1 atom stereocenters. The van der Waals surface area contributed by atoms with E-state index >= 15 is 0 Å². The van der Waals surface area contributed by atoms with Crippen molar-refractivity contribution in [1.29, 1.82) is 0 Å². The number of hydrogen-bond acceptors (Lipinski definition) is 1. The van der Waals surface area contributed by atoms with E-state index in [9.17, 15) is 39.5 Å². The van der Waals surface area contributed by atoms with Crippen LogP contribution in [-0.4, -0.2) is 40.5 Å². The summed E-state index contributed by atoms with van der Waals surface area (Å²) in [5, 5.41) is 0. The highest BCUT2D eigenvalue weighted by molar-refractivity contribution is 5.17. The van der Waals surface area contributed by atoms with Crippen molar-refractivity contribution in [2.24, 2.45) is 0 Å². The molecule has 0 N–H and O–H groups in total. The van der Waals surface area contributed by atoms with Crippen LogP contribution < -0.4 is 0 Å². The maximum absolute atomic E-state index is 14.3. The average molecular weight is 343 g/mol. The fourth-order valence-corrected chi connectivity index (χ4v) is 3.15. The summed E-state index contributed by atoms with van der Waals surface area (Å²) in [7, 11) is 0. The highest BCUT2D eigenvalue weighted by Gasteiger charge is 2.93. The van der Waals surface area contributed by atoms with Crippen LogP contribution in [0.2, 0.25) is 0 Å². The van der Waals surface area contributed by atoms with E-state index in [1.807, 2.05) is 0 Å². The normalized spacial score (nSPS) is 37.9. The smallest absolute Gasteiger partial charge is 0.219 e. The Kier molecular flexibility index (Phi) is 3.75. The van der Waals surface area contributed by atoms with Crippen LogP contribution in [0, 0.1) is 0 Å².